The first-order chi connectivity index (χ1) is 15.1. The summed E-state index contributed by atoms with van der Waals surface area (Å²) in [5.41, 5.74) is 1.12. The standard InChI is InChI=1S/C25H32N2O5/c1-25(2,3)32-24(30)26-21(23(29)31-18-20-13-9-6-10-14-20)15-16-22(28)27(4)17-19-11-7-5-8-12-19/h5-14,21H,15-18H2,1-4H3,(H,26,30)/t21-/m0/s1. The predicted molar refractivity (Wildman–Crippen MR) is 122 cm³/mol. The van der Waals surface area contributed by atoms with Gasteiger partial charge in [0.2, 0.25) is 5.91 Å². The van der Waals surface area contributed by atoms with Crippen LogP contribution in [0.2, 0.25) is 0 Å². The van der Waals surface area contributed by atoms with Crippen LogP contribution in [-0.4, -0.2) is 41.6 Å². The number of hydrogen-bond donors (Lipinski definition) is 1. The molecule has 0 aliphatic rings. The van der Waals surface area contributed by atoms with Crippen molar-refractivity contribution in [3.05, 3.63) is 71.8 Å². The molecule has 7 heteroatoms. The van der Waals surface area contributed by atoms with E-state index in [0.29, 0.717) is 6.54 Å². The molecule has 2 amide bonds. The van der Waals surface area contributed by atoms with E-state index in [1.165, 1.54) is 0 Å². The second kappa shape index (κ2) is 11.9. The average molecular weight is 441 g/mol. The number of ether oxygens (including phenoxy) is 2. The molecule has 172 valence electrons. The molecular weight excluding hydrogens is 408 g/mol. The lowest BCUT2D eigenvalue weighted by Gasteiger charge is -2.23. The number of nitrogens with zero attached hydrogens (tertiary/aromatic N) is 1. The van der Waals surface area contributed by atoms with Gasteiger partial charge in [-0.1, -0.05) is 60.7 Å². The Bertz CT molecular complexity index is 878. The normalized spacial score (nSPS) is 11.9. The third-order valence-corrected chi connectivity index (χ3v) is 4.53. The minimum absolute atomic E-state index is 0.0736. The number of amides is 2. The van der Waals surface area contributed by atoms with Crippen molar-refractivity contribution < 1.29 is 23.9 Å². The third kappa shape index (κ3) is 9.20. The maximum absolute atomic E-state index is 12.7. The highest BCUT2D eigenvalue weighted by atomic mass is 16.6. The summed E-state index contributed by atoms with van der Waals surface area (Å²) in [6, 6.07) is 17.9. The second-order valence-corrected chi connectivity index (χ2v) is 8.57. The van der Waals surface area contributed by atoms with Crippen molar-refractivity contribution in [2.24, 2.45) is 0 Å². The molecule has 0 bridgehead atoms. The molecule has 0 saturated carbocycles. The van der Waals surface area contributed by atoms with Gasteiger partial charge in [-0.15, -0.1) is 0 Å². The van der Waals surface area contributed by atoms with Crippen molar-refractivity contribution >= 4 is 18.0 Å². The van der Waals surface area contributed by atoms with Crippen molar-refractivity contribution in [1.82, 2.24) is 10.2 Å². The van der Waals surface area contributed by atoms with Gasteiger partial charge >= 0.3 is 12.1 Å². The molecule has 1 atom stereocenters. The molecule has 0 spiro atoms. The van der Waals surface area contributed by atoms with E-state index in [9.17, 15) is 14.4 Å². The van der Waals surface area contributed by atoms with Crippen molar-refractivity contribution in [2.75, 3.05) is 7.05 Å². The SMILES string of the molecule is CN(Cc1ccccc1)C(=O)CC[C@H](NC(=O)OC(C)(C)C)C(=O)OCc1ccccc1. The van der Waals surface area contributed by atoms with E-state index < -0.39 is 23.7 Å². The van der Waals surface area contributed by atoms with E-state index in [1.54, 1.807) is 32.7 Å². The second-order valence-electron chi connectivity index (χ2n) is 8.57. The molecule has 0 saturated heterocycles. The van der Waals surface area contributed by atoms with Crippen LogP contribution in [0.4, 0.5) is 4.79 Å². The van der Waals surface area contributed by atoms with Crippen LogP contribution >= 0.6 is 0 Å². The summed E-state index contributed by atoms with van der Waals surface area (Å²) in [5.74, 6) is -0.751. The first kappa shape index (κ1) is 24.9. The summed E-state index contributed by atoms with van der Waals surface area (Å²) in [6.07, 6.45) is -0.557. The molecular formula is C25H32N2O5. The number of esters is 1. The summed E-state index contributed by atoms with van der Waals surface area (Å²) in [6.45, 7) is 5.74. The molecule has 32 heavy (non-hydrogen) atoms. The fourth-order valence-corrected chi connectivity index (χ4v) is 2.93. The highest BCUT2D eigenvalue weighted by molar-refractivity contribution is 5.83. The van der Waals surface area contributed by atoms with E-state index in [4.69, 9.17) is 9.47 Å². The zero-order chi connectivity index (χ0) is 23.6. The van der Waals surface area contributed by atoms with Gasteiger partial charge in [0, 0.05) is 20.0 Å². The smallest absolute Gasteiger partial charge is 0.408 e. The molecule has 7 nitrogen and oxygen atoms in total. The summed E-state index contributed by atoms with van der Waals surface area (Å²) in [4.78, 5) is 39.1. The van der Waals surface area contributed by atoms with Gasteiger partial charge < -0.3 is 19.7 Å². The lowest BCUT2D eigenvalue weighted by atomic mass is 10.1. The van der Waals surface area contributed by atoms with Gasteiger partial charge in [0.15, 0.2) is 0 Å². The number of hydrogen-bond acceptors (Lipinski definition) is 5. The lowest BCUT2D eigenvalue weighted by Crippen LogP contribution is -2.44. The van der Waals surface area contributed by atoms with Crippen molar-refractivity contribution in [2.45, 2.75) is 58.4 Å². The minimum atomic E-state index is -0.998. The summed E-state index contributed by atoms with van der Waals surface area (Å²) >= 11 is 0. The van der Waals surface area contributed by atoms with Crippen LogP contribution in [0.25, 0.3) is 0 Å². The van der Waals surface area contributed by atoms with E-state index in [1.807, 2.05) is 60.7 Å². The van der Waals surface area contributed by atoms with E-state index in [-0.39, 0.29) is 25.4 Å². The molecule has 0 aliphatic carbocycles. The Morgan fingerprint density at radius 3 is 2.06 bits per heavy atom. The fourth-order valence-electron chi connectivity index (χ4n) is 2.93. The molecule has 0 fully saturated rings. The summed E-state index contributed by atoms with van der Waals surface area (Å²) < 4.78 is 10.6. The van der Waals surface area contributed by atoms with Crippen LogP contribution < -0.4 is 5.32 Å². The molecule has 1 N–H and O–H groups in total. The highest BCUT2D eigenvalue weighted by Crippen LogP contribution is 2.11. The Kier molecular flexibility index (Phi) is 9.25. The van der Waals surface area contributed by atoms with Gasteiger partial charge in [-0.3, -0.25) is 4.79 Å². The Hall–Kier alpha value is -3.35. The van der Waals surface area contributed by atoms with E-state index in [2.05, 4.69) is 5.32 Å². The Balaban J connectivity index is 1.96. The summed E-state index contributed by atoms with van der Waals surface area (Å²) in [5, 5.41) is 2.55. The highest BCUT2D eigenvalue weighted by Gasteiger charge is 2.27. The first-order valence-corrected chi connectivity index (χ1v) is 10.6. The number of nitrogens with one attached hydrogen (secondary N) is 1. The fraction of sp³-hybridized carbons (Fsp3) is 0.400. The largest absolute Gasteiger partial charge is 0.459 e. The van der Waals surface area contributed by atoms with Crippen LogP contribution in [0.5, 0.6) is 0 Å². The topological polar surface area (TPSA) is 84.9 Å². The maximum Gasteiger partial charge on any atom is 0.408 e. The van der Waals surface area contributed by atoms with Crippen LogP contribution in [-0.2, 0) is 32.2 Å². The van der Waals surface area contributed by atoms with Crippen molar-refractivity contribution in [3.8, 4) is 0 Å². The Morgan fingerprint density at radius 1 is 0.938 bits per heavy atom. The zero-order valence-corrected chi connectivity index (χ0v) is 19.2. The van der Waals surface area contributed by atoms with Gasteiger partial charge in [0.1, 0.15) is 18.2 Å². The van der Waals surface area contributed by atoms with Crippen LogP contribution in [0.3, 0.4) is 0 Å². The van der Waals surface area contributed by atoms with E-state index >= 15 is 0 Å². The zero-order valence-electron chi connectivity index (χ0n) is 19.2. The van der Waals surface area contributed by atoms with E-state index in [0.717, 1.165) is 11.1 Å². The van der Waals surface area contributed by atoms with Crippen LogP contribution in [0, 0.1) is 0 Å². The molecule has 2 aromatic rings. The maximum atomic E-state index is 12.7. The molecule has 0 heterocycles. The molecule has 2 rings (SSSR count). The monoisotopic (exact) mass is 440 g/mol. The predicted octanol–water partition coefficient (Wildman–Crippen LogP) is 4.06. The Morgan fingerprint density at radius 2 is 1.50 bits per heavy atom. The quantitative estimate of drug-likeness (QED) is 0.595. The number of carbonyl (C=O) groups is 3. The first-order valence-electron chi connectivity index (χ1n) is 10.6. The molecule has 0 radical (unpaired) electrons. The van der Waals surface area contributed by atoms with Crippen molar-refractivity contribution in [1.29, 1.82) is 0 Å². The average Bonchev–Trinajstić information content (AvgIpc) is 2.74. The number of benzene rings is 2. The number of rotatable bonds is 9. The number of carbonyl (C=O) groups excluding carboxylic acids is 3. The Labute approximate surface area is 189 Å². The molecule has 2 aromatic carbocycles. The van der Waals surface area contributed by atoms with Crippen molar-refractivity contribution in [3.63, 3.8) is 0 Å². The molecule has 0 unspecified atom stereocenters. The number of alkyl carbamates (subject to hydrolysis) is 1. The minimum Gasteiger partial charge on any atom is -0.459 e. The van der Waals surface area contributed by atoms with Crippen LogP contribution in [0.1, 0.15) is 44.7 Å². The van der Waals surface area contributed by atoms with Gasteiger partial charge in [0.25, 0.3) is 0 Å². The van der Waals surface area contributed by atoms with Crippen LogP contribution in [0.15, 0.2) is 60.7 Å². The van der Waals surface area contributed by atoms with Gasteiger partial charge in [-0.2, -0.15) is 0 Å². The third-order valence-electron chi connectivity index (χ3n) is 4.53. The van der Waals surface area contributed by atoms with Gasteiger partial charge in [-0.05, 0) is 38.3 Å². The molecule has 0 aromatic heterocycles. The van der Waals surface area contributed by atoms with Gasteiger partial charge in [-0.25, -0.2) is 9.59 Å². The molecule has 0 aliphatic heterocycles. The summed E-state index contributed by atoms with van der Waals surface area (Å²) in [7, 11) is 1.71. The van der Waals surface area contributed by atoms with Gasteiger partial charge in [0.05, 0.1) is 0 Å². The lowest BCUT2D eigenvalue weighted by molar-refractivity contribution is -0.147.